The van der Waals surface area contributed by atoms with Gasteiger partial charge in [-0.05, 0) is 31.4 Å². The summed E-state index contributed by atoms with van der Waals surface area (Å²) in [5, 5.41) is 17.4. The van der Waals surface area contributed by atoms with Crippen molar-refractivity contribution in [3.05, 3.63) is 42.2 Å². The van der Waals surface area contributed by atoms with Gasteiger partial charge in [0.05, 0.1) is 21.6 Å². The number of thiazole rings is 1. The normalized spacial score (nSPS) is 11.4. The van der Waals surface area contributed by atoms with Crippen molar-refractivity contribution in [2.24, 2.45) is 0 Å². The van der Waals surface area contributed by atoms with Crippen LogP contribution in [0, 0.1) is 6.92 Å². The molecule has 11 heteroatoms. The molecule has 1 aromatic carbocycles. The van der Waals surface area contributed by atoms with Crippen LogP contribution in [0.2, 0.25) is 0 Å². The molecule has 5 rings (SSSR count). The summed E-state index contributed by atoms with van der Waals surface area (Å²) in [5.74, 6) is 0.911. The number of benzene rings is 1. The van der Waals surface area contributed by atoms with E-state index in [9.17, 15) is 0 Å². The molecule has 1 N–H and O–H groups in total. The Morgan fingerprint density at radius 3 is 2.82 bits per heavy atom. The average molecular weight is 407 g/mol. The fraction of sp³-hybridized carbons (Fsp3) is 0.118. The van der Waals surface area contributed by atoms with Crippen molar-refractivity contribution in [1.29, 1.82) is 0 Å². The molecule has 28 heavy (non-hydrogen) atoms. The molecular formula is C17H13N9S2. The molecule has 0 aliphatic carbocycles. The van der Waals surface area contributed by atoms with E-state index in [1.165, 1.54) is 11.8 Å². The Hall–Kier alpha value is -3.18. The second-order valence-corrected chi connectivity index (χ2v) is 7.63. The highest BCUT2D eigenvalue weighted by atomic mass is 32.2. The first kappa shape index (κ1) is 17.0. The van der Waals surface area contributed by atoms with E-state index in [1.54, 1.807) is 28.1 Å². The lowest BCUT2D eigenvalue weighted by Crippen LogP contribution is -2.05. The third-order valence-electron chi connectivity index (χ3n) is 4.06. The Bertz CT molecular complexity index is 1280. The third kappa shape index (κ3) is 2.94. The number of anilines is 2. The van der Waals surface area contributed by atoms with Gasteiger partial charge in [-0.2, -0.15) is 9.50 Å². The number of para-hydroxylation sites is 1. The summed E-state index contributed by atoms with van der Waals surface area (Å²) in [5.41, 5.74) is 3.02. The van der Waals surface area contributed by atoms with Crippen LogP contribution in [0.15, 0.2) is 41.7 Å². The van der Waals surface area contributed by atoms with Crippen LogP contribution < -0.4 is 5.32 Å². The van der Waals surface area contributed by atoms with Gasteiger partial charge < -0.3 is 0 Å². The van der Waals surface area contributed by atoms with Gasteiger partial charge in [-0.25, -0.2) is 15.0 Å². The fourth-order valence-corrected chi connectivity index (χ4v) is 3.93. The van der Waals surface area contributed by atoms with Gasteiger partial charge in [0.25, 0.3) is 5.78 Å². The summed E-state index contributed by atoms with van der Waals surface area (Å²) in [6, 6.07) is 9.76. The topological polar surface area (TPSA) is 107 Å². The zero-order valence-electron chi connectivity index (χ0n) is 14.9. The van der Waals surface area contributed by atoms with Crippen LogP contribution >= 0.6 is 23.1 Å². The largest absolute Gasteiger partial charge is 0.300 e. The van der Waals surface area contributed by atoms with Gasteiger partial charge in [0, 0.05) is 6.20 Å². The van der Waals surface area contributed by atoms with Crippen LogP contribution in [0.4, 0.5) is 11.1 Å². The third-order valence-corrected chi connectivity index (χ3v) is 5.55. The van der Waals surface area contributed by atoms with Crippen LogP contribution in [0.3, 0.4) is 0 Å². The van der Waals surface area contributed by atoms with Gasteiger partial charge in [-0.3, -0.25) is 5.32 Å². The molecule has 138 valence electrons. The molecule has 9 nitrogen and oxygen atoms in total. The number of nitrogens with one attached hydrogen (secondary N) is 1. The molecule has 0 saturated heterocycles. The summed E-state index contributed by atoms with van der Waals surface area (Å²) >= 11 is 3.01. The molecule has 0 saturated carbocycles. The second kappa shape index (κ2) is 6.77. The first-order chi connectivity index (χ1) is 13.7. The summed E-state index contributed by atoms with van der Waals surface area (Å²) in [6.45, 7) is 1.92. The lowest BCUT2D eigenvalue weighted by molar-refractivity contribution is 0.824. The standard InChI is InChI=1S/C17H13N9S2/c1-9-13(23-24-15-22-17(27-2)25-26(9)15)11-7-8-18-14(19-11)21-16-20-10-5-3-4-6-12(10)28-16/h3-8H,1-2H3,(H,18,19,20,21). The van der Waals surface area contributed by atoms with E-state index < -0.39 is 0 Å². The number of aryl methyl sites for hydroxylation is 1. The van der Waals surface area contributed by atoms with Crippen molar-refractivity contribution in [3.8, 4) is 11.4 Å². The maximum absolute atomic E-state index is 4.58. The molecule has 0 atom stereocenters. The van der Waals surface area contributed by atoms with Gasteiger partial charge in [0.15, 0.2) is 5.13 Å². The van der Waals surface area contributed by atoms with Gasteiger partial charge in [-0.1, -0.05) is 35.2 Å². The van der Waals surface area contributed by atoms with E-state index in [1.807, 2.05) is 37.4 Å². The van der Waals surface area contributed by atoms with E-state index in [-0.39, 0.29) is 0 Å². The number of hydrogen-bond donors (Lipinski definition) is 1. The van der Waals surface area contributed by atoms with Gasteiger partial charge in [-0.15, -0.1) is 15.3 Å². The Balaban J connectivity index is 1.51. The summed E-state index contributed by atoms with van der Waals surface area (Å²) in [4.78, 5) is 17.7. The first-order valence-electron chi connectivity index (χ1n) is 8.31. The highest BCUT2D eigenvalue weighted by molar-refractivity contribution is 7.98. The maximum Gasteiger partial charge on any atom is 0.272 e. The summed E-state index contributed by atoms with van der Waals surface area (Å²) in [6.07, 6.45) is 3.60. The zero-order valence-corrected chi connectivity index (χ0v) is 16.5. The lowest BCUT2D eigenvalue weighted by Gasteiger charge is -2.06. The van der Waals surface area contributed by atoms with Crippen LogP contribution in [-0.4, -0.2) is 46.0 Å². The number of thioether (sulfide) groups is 1. The Morgan fingerprint density at radius 2 is 1.96 bits per heavy atom. The highest BCUT2D eigenvalue weighted by Gasteiger charge is 2.15. The van der Waals surface area contributed by atoms with Crippen molar-refractivity contribution in [3.63, 3.8) is 0 Å². The minimum absolute atomic E-state index is 0.446. The van der Waals surface area contributed by atoms with Crippen LogP contribution in [-0.2, 0) is 0 Å². The van der Waals surface area contributed by atoms with Crippen molar-refractivity contribution in [1.82, 2.24) is 39.7 Å². The summed E-state index contributed by atoms with van der Waals surface area (Å²) in [7, 11) is 0. The quantitative estimate of drug-likeness (QED) is 0.449. The molecular weight excluding hydrogens is 394 g/mol. The van der Waals surface area contributed by atoms with Gasteiger partial charge >= 0.3 is 0 Å². The van der Waals surface area contributed by atoms with Crippen molar-refractivity contribution in [2.45, 2.75) is 12.1 Å². The first-order valence-corrected chi connectivity index (χ1v) is 10.4. The minimum Gasteiger partial charge on any atom is -0.300 e. The van der Waals surface area contributed by atoms with Gasteiger partial charge in [0.2, 0.25) is 11.1 Å². The Morgan fingerprint density at radius 1 is 1.07 bits per heavy atom. The number of rotatable bonds is 4. The predicted molar refractivity (Wildman–Crippen MR) is 109 cm³/mol. The highest BCUT2D eigenvalue weighted by Crippen LogP contribution is 2.27. The molecule has 4 aromatic heterocycles. The second-order valence-electron chi connectivity index (χ2n) is 5.82. The average Bonchev–Trinajstić information content (AvgIpc) is 3.32. The van der Waals surface area contributed by atoms with E-state index >= 15 is 0 Å². The molecule has 0 radical (unpaired) electrons. The van der Waals surface area contributed by atoms with Crippen LogP contribution in [0.25, 0.3) is 27.4 Å². The predicted octanol–water partition coefficient (Wildman–Crippen LogP) is 3.36. The maximum atomic E-state index is 4.58. The lowest BCUT2D eigenvalue weighted by atomic mass is 10.2. The summed E-state index contributed by atoms with van der Waals surface area (Å²) < 4.78 is 2.78. The van der Waals surface area contributed by atoms with Crippen molar-refractivity contribution >= 4 is 50.2 Å². The molecule has 4 heterocycles. The van der Waals surface area contributed by atoms with Crippen LogP contribution in [0.5, 0.6) is 0 Å². The van der Waals surface area contributed by atoms with Crippen molar-refractivity contribution in [2.75, 3.05) is 11.6 Å². The Kier molecular flexibility index (Phi) is 4.10. The van der Waals surface area contributed by atoms with Crippen LogP contribution in [0.1, 0.15) is 5.69 Å². The number of hydrogen-bond acceptors (Lipinski definition) is 10. The minimum atomic E-state index is 0.446. The fourth-order valence-electron chi connectivity index (χ4n) is 2.74. The molecule has 0 aliphatic heterocycles. The van der Waals surface area contributed by atoms with Gasteiger partial charge in [0.1, 0.15) is 5.69 Å². The van der Waals surface area contributed by atoms with Crippen molar-refractivity contribution < 1.29 is 0 Å². The number of aromatic nitrogens is 8. The SMILES string of the molecule is CSc1nc2nnc(-c3ccnc(Nc4nc5ccccc5s4)n3)c(C)n2n1. The van der Waals surface area contributed by atoms with E-state index in [4.69, 9.17) is 0 Å². The molecule has 0 fully saturated rings. The zero-order chi connectivity index (χ0) is 19.1. The monoisotopic (exact) mass is 407 g/mol. The number of nitrogens with zero attached hydrogens (tertiary/aromatic N) is 8. The van der Waals surface area contributed by atoms with E-state index in [0.717, 1.165) is 21.0 Å². The van der Waals surface area contributed by atoms with E-state index in [2.05, 4.69) is 40.5 Å². The molecule has 0 bridgehead atoms. The molecule has 5 aromatic rings. The molecule has 0 unspecified atom stereocenters. The molecule has 0 spiro atoms. The molecule has 0 amide bonds. The Labute approximate surface area is 167 Å². The smallest absolute Gasteiger partial charge is 0.272 e. The number of fused-ring (bicyclic) bond motifs is 2. The van der Waals surface area contributed by atoms with E-state index in [0.29, 0.717) is 28.3 Å². The molecule has 0 aliphatic rings.